The number of carbonyl (C=O) groups excluding carboxylic acids is 1. The van der Waals surface area contributed by atoms with Crippen LogP contribution in [0.4, 0.5) is 0 Å². The monoisotopic (exact) mass is 205 g/mol. The fraction of sp³-hybridized carbons (Fsp3) is 0.111. The van der Waals surface area contributed by atoms with Crippen LogP contribution >= 0.6 is 0 Å². The highest BCUT2D eigenvalue weighted by Crippen LogP contribution is 2.23. The number of hydrogen-bond acceptors (Lipinski definition) is 6. The Labute approximate surface area is 84.6 Å². The fourth-order valence-corrected chi connectivity index (χ4v) is 1.17. The Hall–Kier alpha value is -2.24. The second kappa shape index (κ2) is 3.49. The lowest BCUT2D eigenvalue weighted by molar-refractivity contribution is 0.0591. The standard InChI is InChI=1S/C9H7N3O3/c1-15-9(14)7-8(13)6-5(4-12-7)10-2-3-11-6/h2-4,13H,1H3. The number of hydrogen-bond donors (Lipinski definition) is 1. The highest BCUT2D eigenvalue weighted by atomic mass is 16.5. The molecule has 2 aromatic rings. The van der Waals surface area contributed by atoms with Gasteiger partial charge < -0.3 is 9.84 Å². The Bertz CT molecular complexity index is 527. The third kappa shape index (κ3) is 1.45. The van der Waals surface area contributed by atoms with E-state index in [4.69, 9.17) is 0 Å². The average Bonchev–Trinajstić information content (AvgIpc) is 2.29. The predicted octanol–water partition coefficient (Wildman–Crippen LogP) is 0.517. The van der Waals surface area contributed by atoms with E-state index in [1.54, 1.807) is 0 Å². The zero-order valence-electron chi connectivity index (χ0n) is 7.84. The molecule has 2 heterocycles. The number of nitrogens with zero attached hydrogens (tertiary/aromatic N) is 3. The number of ether oxygens (including phenoxy) is 1. The second-order valence-corrected chi connectivity index (χ2v) is 2.74. The lowest BCUT2D eigenvalue weighted by Gasteiger charge is -2.03. The van der Waals surface area contributed by atoms with Gasteiger partial charge in [0, 0.05) is 12.4 Å². The van der Waals surface area contributed by atoms with E-state index >= 15 is 0 Å². The van der Waals surface area contributed by atoms with Crippen molar-refractivity contribution in [2.24, 2.45) is 0 Å². The van der Waals surface area contributed by atoms with Crippen molar-refractivity contribution in [3.63, 3.8) is 0 Å². The van der Waals surface area contributed by atoms with Gasteiger partial charge in [-0.1, -0.05) is 0 Å². The van der Waals surface area contributed by atoms with Crippen LogP contribution in [0.1, 0.15) is 10.5 Å². The van der Waals surface area contributed by atoms with Gasteiger partial charge in [-0.05, 0) is 0 Å². The summed E-state index contributed by atoms with van der Waals surface area (Å²) in [7, 11) is 1.21. The minimum Gasteiger partial charge on any atom is -0.504 e. The van der Waals surface area contributed by atoms with Crippen LogP contribution in [-0.2, 0) is 4.74 Å². The topological polar surface area (TPSA) is 85.2 Å². The Morgan fingerprint density at radius 1 is 1.33 bits per heavy atom. The van der Waals surface area contributed by atoms with Crippen LogP contribution in [0.15, 0.2) is 18.6 Å². The summed E-state index contributed by atoms with van der Waals surface area (Å²) in [6, 6.07) is 0. The van der Waals surface area contributed by atoms with Gasteiger partial charge in [-0.15, -0.1) is 0 Å². The molecule has 1 N–H and O–H groups in total. The van der Waals surface area contributed by atoms with Gasteiger partial charge >= 0.3 is 5.97 Å². The summed E-state index contributed by atoms with van der Waals surface area (Å²) in [6.07, 6.45) is 4.25. The molecule has 0 saturated carbocycles. The third-order valence-corrected chi connectivity index (χ3v) is 1.87. The van der Waals surface area contributed by atoms with Crippen molar-refractivity contribution < 1.29 is 14.6 Å². The van der Waals surface area contributed by atoms with Crippen molar-refractivity contribution in [3.05, 3.63) is 24.3 Å². The van der Waals surface area contributed by atoms with Gasteiger partial charge in [-0.2, -0.15) is 0 Å². The van der Waals surface area contributed by atoms with E-state index in [9.17, 15) is 9.90 Å². The van der Waals surface area contributed by atoms with Gasteiger partial charge in [0.2, 0.25) is 0 Å². The normalized spacial score (nSPS) is 10.2. The first-order valence-corrected chi connectivity index (χ1v) is 4.11. The summed E-state index contributed by atoms with van der Waals surface area (Å²) < 4.78 is 4.46. The van der Waals surface area contributed by atoms with Crippen LogP contribution in [0.2, 0.25) is 0 Å². The first-order valence-electron chi connectivity index (χ1n) is 4.11. The summed E-state index contributed by atoms with van der Waals surface area (Å²) in [5, 5.41) is 9.69. The summed E-state index contributed by atoms with van der Waals surface area (Å²) >= 11 is 0. The van der Waals surface area contributed by atoms with Gasteiger partial charge in [-0.3, -0.25) is 4.98 Å². The van der Waals surface area contributed by atoms with Gasteiger partial charge in [-0.25, -0.2) is 14.8 Å². The molecule has 0 fully saturated rings. The van der Waals surface area contributed by atoms with Crippen LogP contribution in [0.3, 0.4) is 0 Å². The molecule has 76 valence electrons. The van der Waals surface area contributed by atoms with Crippen LogP contribution in [-0.4, -0.2) is 33.1 Å². The zero-order chi connectivity index (χ0) is 10.8. The Kier molecular flexibility index (Phi) is 2.17. The van der Waals surface area contributed by atoms with E-state index < -0.39 is 5.97 Å². The number of rotatable bonds is 1. The summed E-state index contributed by atoms with van der Waals surface area (Å²) in [4.78, 5) is 22.8. The maximum atomic E-state index is 11.2. The SMILES string of the molecule is COC(=O)c1ncc2nccnc2c1O. The van der Waals surface area contributed by atoms with Gasteiger partial charge in [0.25, 0.3) is 0 Å². The highest BCUT2D eigenvalue weighted by molar-refractivity contribution is 5.96. The van der Waals surface area contributed by atoms with Crippen LogP contribution in [0.5, 0.6) is 5.75 Å². The van der Waals surface area contributed by atoms with Gasteiger partial charge in [0.05, 0.1) is 13.3 Å². The third-order valence-electron chi connectivity index (χ3n) is 1.87. The molecule has 2 aromatic heterocycles. The number of pyridine rings is 1. The molecular weight excluding hydrogens is 198 g/mol. The first-order chi connectivity index (χ1) is 7.24. The number of methoxy groups -OCH3 is 1. The van der Waals surface area contributed by atoms with Crippen molar-refractivity contribution in [3.8, 4) is 5.75 Å². The van der Waals surface area contributed by atoms with Crippen LogP contribution in [0, 0.1) is 0 Å². The Morgan fingerprint density at radius 2 is 2.07 bits per heavy atom. The number of aromatic hydroxyl groups is 1. The van der Waals surface area contributed by atoms with E-state index in [0.29, 0.717) is 5.52 Å². The van der Waals surface area contributed by atoms with Crippen LogP contribution < -0.4 is 0 Å². The molecule has 0 amide bonds. The van der Waals surface area contributed by atoms with Crippen molar-refractivity contribution in [1.82, 2.24) is 15.0 Å². The van der Waals surface area contributed by atoms with E-state index in [-0.39, 0.29) is 17.0 Å². The Balaban J connectivity index is 2.70. The highest BCUT2D eigenvalue weighted by Gasteiger charge is 2.16. The molecular formula is C9H7N3O3. The van der Waals surface area contributed by atoms with Gasteiger partial charge in [0.15, 0.2) is 11.4 Å². The molecule has 0 aliphatic heterocycles. The molecule has 0 aromatic carbocycles. The molecule has 6 heteroatoms. The lowest BCUT2D eigenvalue weighted by Crippen LogP contribution is -2.05. The quantitative estimate of drug-likeness (QED) is 0.683. The molecule has 2 rings (SSSR count). The van der Waals surface area contributed by atoms with Crippen molar-refractivity contribution >= 4 is 17.0 Å². The molecule has 15 heavy (non-hydrogen) atoms. The molecule has 0 atom stereocenters. The number of esters is 1. The summed E-state index contributed by atoms with van der Waals surface area (Å²) in [6.45, 7) is 0. The molecule has 0 spiro atoms. The van der Waals surface area contributed by atoms with E-state index in [0.717, 1.165) is 0 Å². The number of aromatic nitrogens is 3. The number of fused-ring (bicyclic) bond motifs is 1. The summed E-state index contributed by atoms with van der Waals surface area (Å²) in [5.74, 6) is -1.02. The molecule has 0 unspecified atom stereocenters. The second-order valence-electron chi connectivity index (χ2n) is 2.74. The largest absolute Gasteiger partial charge is 0.504 e. The minimum absolute atomic E-state index is 0.162. The Morgan fingerprint density at radius 3 is 2.80 bits per heavy atom. The number of carbonyl (C=O) groups is 1. The van der Waals surface area contributed by atoms with Crippen molar-refractivity contribution in [1.29, 1.82) is 0 Å². The van der Waals surface area contributed by atoms with Gasteiger partial charge in [0.1, 0.15) is 11.0 Å². The van der Waals surface area contributed by atoms with E-state index in [2.05, 4.69) is 19.7 Å². The van der Waals surface area contributed by atoms with Crippen LogP contribution in [0.25, 0.3) is 11.0 Å². The maximum Gasteiger partial charge on any atom is 0.360 e. The smallest absolute Gasteiger partial charge is 0.360 e. The molecule has 0 saturated heterocycles. The van der Waals surface area contributed by atoms with Crippen molar-refractivity contribution in [2.75, 3.05) is 7.11 Å². The van der Waals surface area contributed by atoms with E-state index in [1.807, 2.05) is 0 Å². The molecule has 6 nitrogen and oxygen atoms in total. The maximum absolute atomic E-state index is 11.2. The lowest BCUT2D eigenvalue weighted by atomic mass is 10.3. The average molecular weight is 205 g/mol. The predicted molar refractivity (Wildman–Crippen MR) is 50.3 cm³/mol. The van der Waals surface area contributed by atoms with E-state index in [1.165, 1.54) is 25.7 Å². The first kappa shape index (κ1) is 9.32. The minimum atomic E-state index is -0.708. The fourth-order valence-electron chi connectivity index (χ4n) is 1.17. The zero-order valence-corrected chi connectivity index (χ0v) is 7.84. The summed E-state index contributed by atoms with van der Waals surface area (Å²) in [5.41, 5.74) is 0.487. The molecule has 0 aliphatic carbocycles. The molecule has 0 bridgehead atoms. The molecule has 0 aliphatic rings. The van der Waals surface area contributed by atoms with Crippen molar-refractivity contribution in [2.45, 2.75) is 0 Å². The molecule has 0 radical (unpaired) electrons.